The van der Waals surface area contributed by atoms with Crippen LogP contribution in [-0.2, 0) is 6.54 Å². The topological polar surface area (TPSA) is 54.3 Å². The molecule has 0 amide bonds. The van der Waals surface area contributed by atoms with Gasteiger partial charge in [-0.2, -0.15) is 5.26 Å². The number of nitriles is 1. The molecule has 21 heavy (non-hydrogen) atoms. The minimum absolute atomic E-state index is 0.383. The van der Waals surface area contributed by atoms with Crippen LogP contribution in [0.3, 0.4) is 0 Å². The maximum absolute atomic E-state index is 9.34. The third-order valence-corrected chi connectivity index (χ3v) is 3.20. The van der Waals surface area contributed by atoms with Crippen molar-refractivity contribution in [2.45, 2.75) is 12.6 Å². The summed E-state index contributed by atoms with van der Waals surface area (Å²) in [6.07, 6.45) is 0. The Morgan fingerprint density at radius 3 is 2.38 bits per heavy atom. The first-order valence-corrected chi connectivity index (χ1v) is 6.66. The molecule has 108 valence electrons. The Hall–Kier alpha value is -2.51. The molecule has 2 aromatic rings. The predicted molar refractivity (Wildman–Crippen MR) is 81.2 cm³/mol. The normalized spacial score (nSPS) is 11.5. The number of rotatable bonds is 6. The number of nitrogens with one attached hydrogen (secondary N) is 1. The maximum atomic E-state index is 9.34. The Bertz CT molecular complexity index is 635. The highest BCUT2D eigenvalue weighted by atomic mass is 16.5. The van der Waals surface area contributed by atoms with Gasteiger partial charge >= 0.3 is 0 Å². The van der Waals surface area contributed by atoms with Crippen LogP contribution in [0.5, 0.6) is 11.5 Å². The average Bonchev–Trinajstić information content (AvgIpc) is 2.56. The van der Waals surface area contributed by atoms with Crippen LogP contribution >= 0.6 is 0 Å². The monoisotopic (exact) mass is 282 g/mol. The zero-order valence-corrected chi connectivity index (χ0v) is 12.2. The molecule has 0 spiro atoms. The minimum atomic E-state index is -0.383. The van der Waals surface area contributed by atoms with Gasteiger partial charge in [-0.05, 0) is 35.4 Å². The summed E-state index contributed by atoms with van der Waals surface area (Å²) in [6.45, 7) is 0.590. The van der Waals surface area contributed by atoms with E-state index in [9.17, 15) is 5.26 Å². The van der Waals surface area contributed by atoms with Crippen molar-refractivity contribution in [3.63, 3.8) is 0 Å². The molecule has 0 saturated carbocycles. The molecule has 0 aliphatic heterocycles. The maximum Gasteiger partial charge on any atom is 0.121 e. The summed E-state index contributed by atoms with van der Waals surface area (Å²) in [7, 11) is 3.25. The van der Waals surface area contributed by atoms with Crippen molar-refractivity contribution >= 4 is 0 Å². The molecule has 1 atom stereocenters. The molecule has 4 heteroatoms. The summed E-state index contributed by atoms with van der Waals surface area (Å²) in [6, 6.07) is 17.2. The van der Waals surface area contributed by atoms with Crippen LogP contribution in [0.15, 0.2) is 48.5 Å². The van der Waals surface area contributed by atoms with Crippen molar-refractivity contribution in [3.05, 3.63) is 59.7 Å². The molecule has 1 unspecified atom stereocenters. The second-order valence-corrected chi connectivity index (χ2v) is 4.57. The van der Waals surface area contributed by atoms with E-state index in [-0.39, 0.29) is 6.04 Å². The molecule has 2 rings (SSSR count). The summed E-state index contributed by atoms with van der Waals surface area (Å²) >= 11 is 0. The van der Waals surface area contributed by atoms with E-state index in [1.807, 2.05) is 48.5 Å². The molecule has 4 nitrogen and oxygen atoms in total. The minimum Gasteiger partial charge on any atom is -0.497 e. The van der Waals surface area contributed by atoms with Crippen molar-refractivity contribution in [1.29, 1.82) is 5.26 Å². The Balaban J connectivity index is 2.07. The number of benzene rings is 2. The van der Waals surface area contributed by atoms with Gasteiger partial charge in [-0.15, -0.1) is 0 Å². The predicted octanol–water partition coefficient (Wildman–Crippen LogP) is 3.06. The van der Waals surface area contributed by atoms with E-state index in [1.54, 1.807) is 14.2 Å². The van der Waals surface area contributed by atoms with E-state index in [2.05, 4.69) is 11.4 Å². The Kier molecular flexibility index (Phi) is 5.19. The highest BCUT2D eigenvalue weighted by molar-refractivity contribution is 5.33. The molecule has 2 aromatic carbocycles. The Morgan fingerprint density at radius 2 is 1.71 bits per heavy atom. The number of methoxy groups -OCH3 is 2. The quantitative estimate of drug-likeness (QED) is 0.884. The van der Waals surface area contributed by atoms with Gasteiger partial charge in [0.25, 0.3) is 0 Å². The van der Waals surface area contributed by atoms with Gasteiger partial charge < -0.3 is 9.47 Å². The SMILES string of the molecule is COc1cccc(CNC(C#N)c2cccc(OC)c2)c1. The zero-order valence-electron chi connectivity index (χ0n) is 12.2. The lowest BCUT2D eigenvalue weighted by molar-refractivity contribution is 0.413. The summed E-state index contributed by atoms with van der Waals surface area (Å²) < 4.78 is 10.4. The Labute approximate surface area is 124 Å². The molecule has 0 bridgehead atoms. The molecule has 0 radical (unpaired) electrons. The molecule has 0 fully saturated rings. The van der Waals surface area contributed by atoms with Gasteiger partial charge in [0.1, 0.15) is 17.5 Å². The molecule has 0 aliphatic carbocycles. The van der Waals surface area contributed by atoms with Crippen LogP contribution in [0.25, 0.3) is 0 Å². The molecule has 0 heterocycles. The largest absolute Gasteiger partial charge is 0.497 e. The third-order valence-electron chi connectivity index (χ3n) is 3.20. The van der Waals surface area contributed by atoms with Crippen molar-refractivity contribution in [2.75, 3.05) is 14.2 Å². The second-order valence-electron chi connectivity index (χ2n) is 4.57. The fourth-order valence-corrected chi connectivity index (χ4v) is 2.06. The number of hydrogen-bond donors (Lipinski definition) is 1. The second kappa shape index (κ2) is 7.32. The highest BCUT2D eigenvalue weighted by Gasteiger charge is 2.10. The first kappa shape index (κ1) is 14.9. The number of nitrogens with zero attached hydrogens (tertiary/aromatic N) is 1. The van der Waals surface area contributed by atoms with E-state index in [1.165, 1.54) is 0 Å². The van der Waals surface area contributed by atoms with Gasteiger partial charge in [0, 0.05) is 6.54 Å². The van der Waals surface area contributed by atoms with Crippen LogP contribution in [0.4, 0.5) is 0 Å². The van der Waals surface area contributed by atoms with Gasteiger partial charge in [-0.3, -0.25) is 5.32 Å². The average molecular weight is 282 g/mol. The summed E-state index contributed by atoms with van der Waals surface area (Å²) in [5.74, 6) is 1.56. The smallest absolute Gasteiger partial charge is 0.121 e. The lowest BCUT2D eigenvalue weighted by Crippen LogP contribution is -2.19. The van der Waals surface area contributed by atoms with Gasteiger partial charge in [-0.1, -0.05) is 24.3 Å². The molecule has 0 aliphatic rings. The number of hydrogen-bond acceptors (Lipinski definition) is 4. The van der Waals surface area contributed by atoms with E-state index < -0.39 is 0 Å². The first-order chi connectivity index (χ1) is 10.3. The van der Waals surface area contributed by atoms with E-state index in [4.69, 9.17) is 9.47 Å². The molecular weight excluding hydrogens is 264 g/mol. The summed E-state index contributed by atoms with van der Waals surface area (Å²) in [5.41, 5.74) is 1.96. The fraction of sp³-hybridized carbons (Fsp3) is 0.235. The van der Waals surface area contributed by atoms with Crippen molar-refractivity contribution in [3.8, 4) is 17.6 Å². The van der Waals surface area contributed by atoms with Crippen molar-refractivity contribution in [1.82, 2.24) is 5.32 Å². The van der Waals surface area contributed by atoms with Crippen molar-refractivity contribution in [2.24, 2.45) is 0 Å². The molecule has 1 N–H and O–H groups in total. The van der Waals surface area contributed by atoms with Gasteiger partial charge in [0.15, 0.2) is 0 Å². The lowest BCUT2D eigenvalue weighted by Gasteiger charge is -2.13. The lowest BCUT2D eigenvalue weighted by atomic mass is 10.1. The van der Waals surface area contributed by atoms with E-state index in [0.29, 0.717) is 6.54 Å². The molecule has 0 aromatic heterocycles. The van der Waals surface area contributed by atoms with E-state index >= 15 is 0 Å². The standard InChI is InChI=1S/C17H18N2O2/c1-20-15-7-3-5-13(9-15)12-19-17(11-18)14-6-4-8-16(10-14)21-2/h3-10,17,19H,12H2,1-2H3. The molecular formula is C17H18N2O2. The van der Waals surface area contributed by atoms with E-state index in [0.717, 1.165) is 22.6 Å². The van der Waals surface area contributed by atoms with Crippen molar-refractivity contribution < 1.29 is 9.47 Å². The van der Waals surface area contributed by atoms with Gasteiger partial charge in [-0.25, -0.2) is 0 Å². The van der Waals surface area contributed by atoms with Crippen LogP contribution < -0.4 is 14.8 Å². The summed E-state index contributed by atoms with van der Waals surface area (Å²) in [5, 5.41) is 12.6. The summed E-state index contributed by atoms with van der Waals surface area (Å²) in [4.78, 5) is 0. The first-order valence-electron chi connectivity index (χ1n) is 6.66. The van der Waals surface area contributed by atoms with Crippen LogP contribution in [0, 0.1) is 11.3 Å². The van der Waals surface area contributed by atoms with Gasteiger partial charge in [0.2, 0.25) is 0 Å². The highest BCUT2D eigenvalue weighted by Crippen LogP contribution is 2.19. The third kappa shape index (κ3) is 3.98. The van der Waals surface area contributed by atoms with Crippen LogP contribution in [0.1, 0.15) is 17.2 Å². The molecule has 0 saturated heterocycles. The zero-order chi connectivity index (χ0) is 15.1. The van der Waals surface area contributed by atoms with Crippen LogP contribution in [-0.4, -0.2) is 14.2 Å². The van der Waals surface area contributed by atoms with Gasteiger partial charge in [0.05, 0.1) is 20.3 Å². The Morgan fingerprint density at radius 1 is 1.05 bits per heavy atom. The van der Waals surface area contributed by atoms with Crippen LogP contribution in [0.2, 0.25) is 0 Å². The number of ether oxygens (including phenoxy) is 2. The fourth-order valence-electron chi connectivity index (χ4n) is 2.06.